The van der Waals surface area contributed by atoms with Crippen LogP contribution in [-0.4, -0.2) is 38.1 Å². The van der Waals surface area contributed by atoms with Gasteiger partial charge in [-0.1, -0.05) is 26.2 Å². The molecule has 0 radical (unpaired) electrons. The van der Waals surface area contributed by atoms with Gasteiger partial charge in [-0.3, -0.25) is 0 Å². The molecule has 1 N–H and O–H groups in total. The average Bonchev–Trinajstić information content (AvgIpc) is 2.26. The van der Waals surface area contributed by atoms with Crippen LogP contribution in [0.3, 0.4) is 0 Å². The monoisotopic (exact) mass is 218 g/mol. The van der Waals surface area contributed by atoms with Crippen LogP contribution in [0.25, 0.3) is 0 Å². The molecule has 0 aromatic heterocycles. The first kappa shape index (κ1) is 14.9. The molecule has 15 heavy (non-hydrogen) atoms. The zero-order valence-corrected chi connectivity index (χ0v) is 10.0. The normalized spacial score (nSPS) is 10.8. The standard InChI is InChI=1S/C12H26O3/c1-2-3-4-6-9-14-11-12-15-10-7-5-8-13/h13H,2-12H2,1H3. The minimum Gasteiger partial charge on any atom is -0.396 e. The summed E-state index contributed by atoms with van der Waals surface area (Å²) in [6.07, 6.45) is 6.78. The zero-order chi connectivity index (χ0) is 11.2. The first-order valence-corrected chi connectivity index (χ1v) is 6.18. The van der Waals surface area contributed by atoms with Gasteiger partial charge < -0.3 is 14.6 Å². The molecule has 0 fully saturated rings. The molecule has 0 aliphatic carbocycles. The van der Waals surface area contributed by atoms with Gasteiger partial charge >= 0.3 is 0 Å². The van der Waals surface area contributed by atoms with E-state index in [1.807, 2.05) is 0 Å². The molecule has 0 rings (SSSR count). The van der Waals surface area contributed by atoms with Gasteiger partial charge in [0.25, 0.3) is 0 Å². The third-order valence-electron chi connectivity index (χ3n) is 2.21. The van der Waals surface area contributed by atoms with Crippen molar-refractivity contribution in [2.24, 2.45) is 0 Å². The molecule has 0 bridgehead atoms. The third kappa shape index (κ3) is 13.9. The molecular formula is C12H26O3. The number of aliphatic hydroxyl groups excluding tert-OH is 1. The van der Waals surface area contributed by atoms with Crippen molar-refractivity contribution >= 4 is 0 Å². The highest BCUT2D eigenvalue weighted by molar-refractivity contribution is 4.40. The molecule has 0 spiro atoms. The Morgan fingerprint density at radius 1 is 0.733 bits per heavy atom. The minimum atomic E-state index is 0.261. The fourth-order valence-corrected chi connectivity index (χ4v) is 1.27. The highest BCUT2D eigenvalue weighted by atomic mass is 16.5. The quantitative estimate of drug-likeness (QED) is 0.511. The fourth-order valence-electron chi connectivity index (χ4n) is 1.27. The Morgan fingerprint density at radius 2 is 1.33 bits per heavy atom. The summed E-state index contributed by atoms with van der Waals surface area (Å²) >= 11 is 0. The summed E-state index contributed by atoms with van der Waals surface area (Å²) in [4.78, 5) is 0. The lowest BCUT2D eigenvalue weighted by Crippen LogP contribution is -2.06. The number of aliphatic hydroxyl groups is 1. The van der Waals surface area contributed by atoms with Crippen LogP contribution in [0.5, 0.6) is 0 Å². The van der Waals surface area contributed by atoms with E-state index in [0.717, 1.165) is 26.1 Å². The molecule has 0 unspecified atom stereocenters. The molecule has 0 aromatic rings. The van der Waals surface area contributed by atoms with E-state index in [0.29, 0.717) is 13.2 Å². The maximum Gasteiger partial charge on any atom is 0.0700 e. The minimum absolute atomic E-state index is 0.261. The van der Waals surface area contributed by atoms with Crippen molar-refractivity contribution in [3.8, 4) is 0 Å². The van der Waals surface area contributed by atoms with Gasteiger partial charge in [-0.15, -0.1) is 0 Å². The Kier molecular flexibility index (Phi) is 13.8. The van der Waals surface area contributed by atoms with Crippen molar-refractivity contribution in [2.75, 3.05) is 33.0 Å². The SMILES string of the molecule is CCCCCCOCCOCCCCO. The topological polar surface area (TPSA) is 38.7 Å². The molecule has 0 saturated carbocycles. The van der Waals surface area contributed by atoms with Crippen LogP contribution in [-0.2, 0) is 9.47 Å². The van der Waals surface area contributed by atoms with E-state index in [1.54, 1.807) is 0 Å². The van der Waals surface area contributed by atoms with E-state index in [2.05, 4.69) is 6.92 Å². The molecule has 3 nitrogen and oxygen atoms in total. The summed E-state index contributed by atoms with van der Waals surface area (Å²) in [6, 6.07) is 0. The van der Waals surface area contributed by atoms with Gasteiger partial charge in [0.05, 0.1) is 13.2 Å². The van der Waals surface area contributed by atoms with Gasteiger partial charge in [0.1, 0.15) is 0 Å². The molecule has 0 saturated heterocycles. The fraction of sp³-hybridized carbons (Fsp3) is 1.00. The third-order valence-corrected chi connectivity index (χ3v) is 2.21. The van der Waals surface area contributed by atoms with Gasteiger partial charge in [-0.25, -0.2) is 0 Å². The van der Waals surface area contributed by atoms with Crippen molar-refractivity contribution in [3.63, 3.8) is 0 Å². The molecule has 3 heteroatoms. The van der Waals surface area contributed by atoms with Crippen molar-refractivity contribution in [1.82, 2.24) is 0 Å². The van der Waals surface area contributed by atoms with Crippen LogP contribution in [0, 0.1) is 0 Å². The van der Waals surface area contributed by atoms with Gasteiger partial charge in [0, 0.05) is 19.8 Å². The molecular weight excluding hydrogens is 192 g/mol. The maximum absolute atomic E-state index is 8.53. The predicted octanol–water partition coefficient (Wildman–Crippen LogP) is 2.37. The van der Waals surface area contributed by atoms with Gasteiger partial charge in [-0.05, 0) is 19.3 Å². The molecule has 0 atom stereocenters. The zero-order valence-electron chi connectivity index (χ0n) is 10.0. The molecule has 0 aliphatic heterocycles. The number of hydrogen-bond acceptors (Lipinski definition) is 3. The van der Waals surface area contributed by atoms with Gasteiger partial charge in [0.2, 0.25) is 0 Å². The first-order valence-electron chi connectivity index (χ1n) is 6.18. The van der Waals surface area contributed by atoms with E-state index in [4.69, 9.17) is 14.6 Å². The van der Waals surface area contributed by atoms with E-state index in [1.165, 1.54) is 25.7 Å². The summed E-state index contributed by atoms with van der Waals surface area (Å²) in [6.45, 7) is 5.45. The number of ether oxygens (including phenoxy) is 2. The molecule has 0 heterocycles. The number of unbranched alkanes of at least 4 members (excludes halogenated alkanes) is 4. The second-order valence-corrected chi connectivity index (χ2v) is 3.72. The number of rotatable bonds is 12. The molecule has 0 aromatic carbocycles. The Bertz CT molecular complexity index is 95.0. The van der Waals surface area contributed by atoms with Crippen LogP contribution in [0.2, 0.25) is 0 Å². The Labute approximate surface area is 93.8 Å². The lowest BCUT2D eigenvalue weighted by Gasteiger charge is -2.05. The van der Waals surface area contributed by atoms with Crippen molar-refractivity contribution in [1.29, 1.82) is 0 Å². The molecule has 0 aliphatic rings. The Morgan fingerprint density at radius 3 is 1.87 bits per heavy atom. The smallest absolute Gasteiger partial charge is 0.0700 e. The van der Waals surface area contributed by atoms with Gasteiger partial charge in [0.15, 0.2) is 0 Å². The van der Waals surface area contributed by atoms with Crippen molar-refractivity contribution < 1.29 is 14.6 Å². The summed E-state index contributed by atoms with van der Waals surface area (Å²) in [5.74, 6) is 0. The molecule has 92 valence electrons. The van der Waals surface area contributed by atoms with Gasteiger partial charge in [-0.2, -0.15) is 0 Å². The Balaban J connectivity index is 2.81. The van der Waals surface area contributed by atoms with Crippen molar-refractivity contribution in [3.05, 3.63) is 0 Å². The summed E-state index contributed by atoms with van der Waals surface area (Å²) < 4.78 is 10.7. The van der Waals surface area contributed by atoms with Crippen LogP contribution >= 0.6 is 0 Å². The Hall–Kier alpha value is -0.120. The summed E-state index contributed by atoms with van der Waals surface area (Å²) in [5.41, 5.74) is 0. The van der Waals surface area contributed by atoms with Crippen molar-refractivity contribution in [2.45, 2.75) is 45.4 Å². The van der Waals surface area contributed by atoms with E-state index >= 15 is 0 Å². The van der Waals surface area contributed by atoms with Crippen LogP contribution in [0.4, 0.5) is 0 Å². The van der Waals surface area contributed by atoms with E-state index in [-0.39, 0.29) is 6.61 Å². The maximum atomic E-state index is 8.53. The highest BCUT2D eigenvalue weighted by Gasteiger charge is 1.91. The average molecular weight is 218 g/mol. The number of hydrogen-bond donors (Lipinski definition) is 1. The second-order valence-electron chi connectivity index (χ2n) is 3.72. The molecule has 0 amide bonds. The van der Waals surface area contributed by atoms with Crippen LogP contribution in [0.15, 0.2) is 0 Å². The largest absolute Gasteiger partial charge is 0.396 e. The van der Waals surface area contributed by atoms with Crippen LogP contribution < -0.4 is 0 Å². The summed E-state index contributed by atoms with van der Waals surface area (Å²) in [5, 5.41) is 8.53. The lowest BCUT2D eigenvalue weighted by molar-refractivity contribution is 0.0439. The summed E-state index contributed by atoms with van der Waals surface area (Å²) in [7, 11) is 0. The van der Waals surface area contributed by atoms with E-state index in [9.17, 15) is 0 Å². The van der Waals surface area contributed by atoms with Crippen LogP contribution in [0.1, 0.15) is 45.4 Å². The second kappa shape index (κ2) is 13.9. The first-order chi connectivity index (χ1) is 7.41. The highest BCUT2D eigenvalue weighted by Crippen LogP contribution is 1.98. The predicted molar refractivity (Wildman–Crippen MR) is 62.1 cm³/mol. The van der Waals surface area contributed by atoms with E-state index < -0.39 is 0 Å². The lowest BCUT2D eigenvalue weighted by atomic mass is 10.2.